The first kappa shape index (κ1) is 10.7. The molecular formula is C11H17N5O. The van der Waals surface area contributed by atoms with E-state index in [-0.39, 0.29) is 11.4 Å². The van der Waals surface area contributed by atoms with Crippen molar-refractivity contribution in [2.45, 2.75) is 24.8 Å². The largest absolute Gasteiger partial charge is 0.342 e. The van der Waals surface area contributed by atoms with E-state index in [1.165, 1.54) is 23.9 Å². The van der Waals surface area contributed by atoms with Crippen molar-refractivity contribution >= 4 is 5.91 Å². The highest BCUT2D eigenvalue weighted by molar-refractivity contribution is 5.91. The number of rotatable bonds is 2. The van der Waals surface area contributed by atoms with Crippen LogP contribution in [0, 0.1) is 5.92 Å². The van der Waals surface area contributed by atoms with E-state index in [2.05, 4.69) is 20.7 Å². The molecule has 92 valence electrons. The minimum Gasteiger partial charge on any atom is -0.342 e. The summed E-state index contributed by atoms with van der Waals surface area (Å²) >= 11 is 0. The number of hydrogen-bond donors (Lipinski definition) is 2. The number of nitrogens with one attached hydrogen (secondary N) is 2. The molecule has 0 spiro atoms. The molecule has 1 saturated heterocycles. The molecule has 1 saturated carbocycles. The molecule has 1 aromatic rings. The van der Waals surface area contributed by atoms with Gasteiger partial charge >= 0.3 is 0 Å². The molecule has 0 bridgehead atoms. The van der Waals surface area contributed by atoms with Gasteiger partial charge < -0.3 is 10.6 Å². The summed E-state index contributed by atoms with van der Waals surface area (Å²) in [6.07, 6.45) is 4.87. The third-order valence-corrected chi connectivity index (χ3v) is 4.07. The Labute approximate surface area is 99.8 Å². The first-order chi connectivity index (χ1) is 8.21. The second-order valence-corrected chi connectivity index (χ2v) is 5.04. The molecule has 17 heavy (non-hydrogen) atoms. The van der Waals surface area contributed by atoms with Crippen LogP contribution in [0.2, 0.25) is 0 Å². The van der Waals surface area contributed by atoms with E-state index in [1.807, 2.05) is 0 Å². The zero-order valence-corrected chi connectivity index (χ0v) is 9.94. The van der Waals surface area contributed by atoms with Crippen LogP contribution < -0.4 is 10.6 Å². The molecule has 3 rings (SSSR count). The van der Waals surface area contributed by atoms with Gasteiger partial charge in [-0.05, 0) is 18.8 Å². The number of nitrogens with zero attached hydrogens (tertiary/aromatic N) is 3. The normalized spacial score (nSPS) is 31.5. The van der Waals surface area contributed by atoms with Crippen molar-refractivity contribution in [3.8, 4) is 0 Å². The summed E-state index contributed by atoms with van der Waals surface area (Å²) in [6.45, 7) is 1.89. The van der Waals surface area contributed by atoms with E-state index in [0.717, 1.165) is 19.5 Å². The van der Waals surface area contributed by atoms with Gasteiger partial charge in [0, 0.05) is 20.1 Å². The molecule has 6 nitrogen and oxygen atoms in total. The molecule has 1 aliphatic heterocycles. The van der Waals surface area contributed by atoms with Crippen LogP contribution in [-0.4, -0.2) is 39.3 Å². The van der Waals surface area contributed by atoms with Gasteiger partial charge in [0.05, 0.1) is 5.54 Å². The fourth-order valence-electron chi connectivity index (χ4n) is 3.14. The molecule has 1 aliphatic carbocycles. The maximum atomic E-state index is 12.2. The molecule has 0 radical (unpaired) electrons. The van der Waals surface area contributed by atoms with E-state index < -0.39 is 0 Å². The summed E-state index contributed by atoms with van der Waals surface area (Å²) in [5, 5.41) is 10.5. The Balaban J connectivity index is 1.79. The van der Waals surface area contributed by atoms with Gasteiger partial charge in [0.15, 0.2) is 0 Å². The zero-order chi connectivity index (χ0) is 11.9. The van der Waals surface area contributed by atoms with Crippen molar-refractivity contribution in [2.24, 2.45) is 13.0 Å². The van der Waals surface area contributed by atoms with Crippen molar-refractivity contribution in [1.82, 2.24) is 25.4 Å². The lowest BCUT2D eigenvalue weighted by atomic mass is 9.90. The monoisotopic (exact) mass is 235 g/mol. The van der Waals surface area contributed by atoms with Crippen LogP contribution in [0.4, 0.5) is 0 Å². The molecule has 2 atom stereocenters. The average Bonchev–Trinajstić information content (AvgIpc) is 2.91. The van der Waals surface area contributed by atoms with Crippen molar-refractivity contribution in [3.05, 3.63) is 12.2 Å². The highest BCUT2D eigenvalue weighted by Gasteiger charge is 2.47. The Morgan fingerprint density at radius 1 is 1.71 bits per heavy atom. The number of hydrogen-bond acceptors (Lipinski definition) is 4. The van der Waals surface area contributed by atoms with Crippen molar-refractivity contribution < 1.29 is 4.79 Å². The predicted molar refractivity (Wildman–Crippen MR) is 61.4 cm³/mol. The first-order valence-electron chi connectivity index (χ1n) is 6.08. The Kier molecular flexibility index (Phi) is 2.39. The number of carbonyl (C=O) groups excluding carboxylic acids is 1. The van der Waals surface area contributed by atoms with Crippen LogP contribution in [0.5, 0.6) is 0 Å². The molecule has 6 heteroatoms. The molecule has 0 aromatic carbocycles. The summed E-state index contributed by atoms with van der Waals surface area (Å²) in [5.41, 5.74) is -0.0525. The second kappa shape index (κ2) is 3.80. The third kappa shape index (κ3) is 1.63. The van der Waals surface area contributed by atoms with E-state index in [4.69, 9.17) is 0 Å². The van der Waals surface area contributed by atoms with Crippen LogP contribution in [0.15, 0.2) is 6.33 Å². The van der Waals surface area contributed by atoms with Crippen molar-refractivity contribution in [1.29, 1.82) is 0 Å². The van der Waals surface area contributed by atoms with Gasteiger partial charge in [-0.15, -0.1) is 0 Å². The van der Waals surface area contributed by atoms with Gasteiger partial charge in [-0.2, -0.15) is 5.10 Å². The van der Waals surface area contributed by atoms with Gasteiger partial charge in [-0.3, -0.25) is 4.79 Å². The Morgan fingerprint density at radius 3 is 3.35 bits per heavy atom. The molecule has 2 aliphatic rings. The summed E-state index contributed by atoms with van der Waals surface area (Å²) in [6, 6.07) is 0. The molecule has 2 fully saturated rings. The number of aryl methyl sites for hydroxylation is 1. The Hall–Kier alpha value is -1.43. The topological polar surface area (TPSA) is 71.8 Å². The number of fused-ring (bicyclic) bond motifs is 1. The average molecular weight is 235 g/mol. The van der Waals surface area contributed by atoms with E-state index >= 15 is 0 Å². The summed E-state index contributed by atoms with van der Waals surface area (Å²) < 4.78 is 1.51. The minimum absolute atomic E-state index is 0.0525. The molecule has 1 aromatic heterocycles. The van der Waals surface area contributed by atoms with Crippen LogP contribution >= 0.6 is 0 Å². The highest BCUT2D eigenvalue weighted by Crippen LogP contribution is 2.38. The molecule has 2 heterocycles. The maximum absolute atomic E-state index is 12.2. The predicted octanol–water partition coefficient (Wildman–Crippen LogP) is -0.313. The zero-order valence-electron chi connectivity index (χ0n) is 9.94. The van der Waals surface area contributed by atoms with E-state index in [9.17, 15) is 4.79 Å². The van der Waals surface area contributed by atoms with Crippen LogP contribution in [0.3, 0.4) is 0 Å². The lowest BCUT2D eigenvalue weighted by Gasteiger charge is -2.29. The lowest BCUT2D eigenvalue weighted by Crippen LogP contribution is -2.52. The number of carbonyl (C=O) groups is 1. The molecule has 0 unspecified atom stereocenters. The Bertz CT molecular complexity index is 431. The van der Waals surface area contributed by atoms with Gasteiger partial charge in [0.2, 0.25) is 5.82 Å². The molecule has 1 amide bonds. The van der Waals surface area contributed by atoms with Crippen molar-refractivity contribution in [3.63, 3.8) is 0 Å². The fraction of sp³-hybridized carbons (Fsp3) is 0.727. The smallest absolute Gasteiger partial charge is 0.289 e. The van der Waals surface area contributed by atoms with Gasteiger partial charge in [-0.1, -0.05) is 6.42 Å². The maximum Gasteiger partial charge on any atom is 0.289 e. The molecular weight excluding hydrogens is 218 g/mol. The third-order valence-electron chi connectivity index (χ3n) is 4.07. The second-order valence-electron chi connectivity index (χ2n) is 5.04. The summed E-state index contributed by atoms with van der Waals surface area (Å²) in [4.78, 5) is 16.1. The van der Waals surface area contributed by atoms with Crippen LogP contribution in [0.1, 0.15) is 29.9 Å². The van der Waals surface area contributed by atoms with E-state index in [0.29, 0.717) is 11.7 Å². The number of aromatic nitrogens is 3. The van der Waals surface area contributed by atoms with Gasteiger partial charge in [0.1, 0.15) is 6.33 Å². The standard InChI is InChI=1S/C11H17N5O/c1-16-9(13-7-14-16)10(17)15-11-4-2-3-8(11)5-12-6-11/h7-8,12H,2-6H2,1H3,(H,15,17)/t8-,11-/m0/s1. The SMILES string of the molecule is Cn1ncnc1C(=O)N[C@]12CCC[C@H]1CNC2. The first-order valence-corrected chi connectivity index (χ1v) is 6.08. The van der Waals surface area contributed by atoms with Gasteiger partial charge in [0.25, 0.3) is 5.91 Å². The quantitative estimate of drug-likeness (QED) is 0.737. The summed E-state index contributed by atoms with van der Waals surface area (Å²) in [7, 11) is 1.73. The Morgan fingerprint density at radius 2 is 2.59 bits per heavy atom. The lowest BCUT2D eigenvalue weighted by molar-refractivity contribution is 0.0878. The number of amides is 1. The summed E-state index contributed by atoms with van der Waals surface area (Å²) in [5.74, 6) is 0.845. The van der Waals surface area contributed by atoms with Crippen LogP contribution in [-0.2, 0) is 7.05 Å². The minimum atomic E-state index is -0.111. The fourth-order valence-corrected chi connectivity index (χ4v) is 3.14. The van der Waals surface area contributed by atoms with Crippen molar-refractivity contribution in [2.75, 3.05) is 13.1 Å². The highest BCUT2D eigenvalue weighted by atomic mass is 16.2. The van der Waals surface area contributed by atoms with E-state index in [1.54, 1.807) is 7.05 Å². The van der Waals surface area contributed by atoms with Gasteiger partial charge in [-0.25, -0.2) is 9.67 Å². The molecule has 2 N–H and O–H groups in total. The van der Waals surface area contributed by atoms with Crippen LogP contribution in [0.25, 0.3) is 0 Å².